The van der Waals surface area contributed by atoms with Crippen LogP contribution in [0.5, 0.6) is 0 Å². The molecule has 0 saturated carbocycles. The number of para-hydroxylation sites is 1. The van der Waals surface area contributed by atoms with Crippen LogP contribution in [-0.2, 0) is 10.0 Å². The Balaban J connectivity index is 2.41. The summed E-state index contributed by atoms with van der Waals surface area (Å²) in [5.41, 5.74) is 4.68. The summed E-state index contributed by atoms with van der Waals surface area (Å²) >= 11 is 0. The monoisotopic (exact) mass is 291 g/mol. The van der Waals surface area contributed by atoms with Gasteiger partial charge in [-0.1, -0.05) is 18.2 Å². The molecule has 0 saturated heterocycles. The molecule has 0 aliphatic heterocycles. The molecule has 0 radical (unpaired) electrons. The molecule has 0 fully saturated rings. The highest BCUT2D eigenvalue weighted by molar-refractivity contribution is 7.92. The summed E-state index contributed by atoms with van der Waals surface area (Å²) in [6.45, 7) is 1.88. The highest BCUT2D eigenvalue weighted by atomic mass is 32.2. The zero-order chi connectivity index (χ0) is 14.8. The molecule has 2 aromatic carbocycles. The number of nitrogens with zero attached hydrogens (tertiary/aromatic N) is 1. The molecule has 0 heterocycles. The molecule has 106 valence electrons. The first-order chi connectivity index (χ1) is 9.46. The number of hydrogen-bond donors (Lipinski definition) is 2. The maximum atomic E-state index is 12.6. The Labute approximate surface area is 119 Å². The lowest BCUT2D eigenvalue weighted by atomic mass is 10.2. The Morgan fingerprint density at radius 3 is 2.20 bits per heavy atom. The first kappa shape index (κ1) is 14.4. The van der Waals surface area contributed by atoms with Crippen molar-refractivity contribution in [1.82, 2.24) is 0 Å². The summed E-state index contributed by atoms with van der Waals surface area (Å²) in [5.74, 6) is 5.27. The van der Waals surface area contributed by atoms with Gasteiger partial charge in [-0.2, -0.15) is 0 Å². The van der Waals surface area contributed by atoms with Gasteiger partial charge in [0.05, 0.1) is 10.6 Å². The average Bonchev–Trinajstić information content (AvgIpc) is 2.47. The molecule has 5 nitrogen and oxygen atoms in total. The number of rotatable bonds is 4. The lowest BCUT2D eigenvalue weighted by Gasteiger charge is -2.21. The zero-order valence-electron chi connectivity index (χ0n) is 11.4. The van der Waals surface area contributed by atoms with Crippen molar-refractivity contribution in [3.63, 3.8) is 0 Å². The van der Waals surface area contributed by atoms with Crippen LogP contribution in [0.4, 0.5) is 11.4 Å². The zero-order valence-corrected chi connectivity index (χ0v) is 12.2. The molecule has 0 aliphatic carbocycles. The number of hydrogen-bond acceptors (Lipinski definition) is 4. The van der Waals surface area contributed by atoms with Crippen LogP contribution in [0.3, 0.4) is 0 Å². The van der Waals surface area contributed by atoms with Crippen LogP contribution in [0.2, 0.25) is 0 Å². The van der Waals surface area contributed by atoms with Crippen molar-refractivity contribution in [2.45, 2.75) is 11.8 Å². The summed E-state index contributed by atoms with van der Waals surface area (Å²) in [5, 5.41) is 0. The van der Waals surface area contributed by atoms with Crippen molar-refractivity contribution in [3.05, 3.63) is 54.1 Å². The van der Waals surface area contributed by atoms with Gasteiger partial charge >= 0.3 is 0 Å². The van der Waals surface area contributed by atoms with E-state index in [0.29, 0.717) is 11.4 Å². The number of nitrogen functional groups attached to an aromatic ring is 1. The summed E-state index contributed by atoms with van der Waals surface area (Å²) < 4.78 is 26.4. The number of anilines is 2. The van der Waals surface area contributed by atoms with Gasteiger partial charge in [-0.15, -0.1) is 0 Å². The summed E-state index contributed by atoms with van der Waals surface area (Å²) in [6.07, 6.45) is 0. The topological polar surface area (TPSA) is 75.4 Å². The SMILES string of the molecule is Cc1ccccc1N(C)S(=O)(=O)c1ccc(NN)cc1. The number of nitrogens with two attached hydrogens (primary N) is 1. The van der Waals surface area contributed by atoms with E-state index in [2.05, 4.69) is 5.43 Å². The van der Waals surface area contributed by atoms with Gasteiger partial charge in [-0.25, -0.2) is 8.42 Å². The van der Waals surface area contributed by atoms with Crippen molar-refractivity contribution in [1.29, 1.82) is 0 Å². The maximum absolute atomic E-state index is 12.6. The third-order valence-electron chi connectivity index (χ3n) is 3.13. The Hall–Kier alpha value is -2.05. The lowest BCUT2D eigenvalue weighted by molar-refractivity contribution is 0.594. The third kappa shape index (κ3) is 2.61. The molecule has 2 rings (SSSR count). The minimum absolute atomic E-state index is 0.224. The van der Waals surface area contributed by atoms with Gasteiger partial charge in [0, 0.05) is 12.7 Å². The molecule has 0 aromatic heterocycles. The van der Waals surface area contributed by atoms with Crippen molar-refractivity contribution in [2.75, 3.05) is 16.8 Å². The fraction of sp³-hybridized carbons (Fsp3) is 0.143. The van der Waals surface area contributed by atoms with Crippen molar-refractivity contribution in [2.24, 2.45) is 5.84 Å². The summed E-state index contributed by atoms with van der Waals surface area (Å²) in [4.78, 5) is 0.224. The van der Waals surface area contributed by atoms with E-state index in [1.54, 1.807) is 25.2 Å². The Kier molecular flexibility index (Phi) is 3.96. The molecule has 0 atom stereocenters. The second kappa shape index (κ2) is 5.52. The van der Waals surface area contributed by atoms with Gasteiger partial charge < -0.3 is 5.43 Å². The summed E-state index contributed by atoms with van der Waals surface area (Å²) in [7, 11) is -2.03. The van der Waals surface area contributed by atoms with Gasteiger partial charge in [0.1, 0.15) is 0 Å². The van der Waals surface area contributed by atoms with Crippen LogP contribution in [0, 0.1) is 6.92 Å². The molecule has 0 spiro atoms. The molecular formula is C14H17N3O2S. The van der Waals surface area contributed by atoms with E-state index in [9.17, 15) is 8.42 Å². The Bertz CT molecular complexity index is 697. The summed E-state index contributed by atoms with van der Waals surface area (Å²) in [6, 6.07) is 13.7. The van der Waals surface area contributed by atoms with Gasteiger partial charge in [0.15, 0.2) is 0 Å². The van der Waals surface area contributed by atoms with Crippen molar-refractivity contribution >= 4 is 21.4 Å². The Morgan fingerprint density at radius 2 is 1.65 bits per heavy atom. The van der Waals surface area contributed by atoms with E-state index < -0.39 is 10.0 Å². The van der Waals surface area contributed by atoms with Crippen molar-refractivity contribution < 1.29 is 8.42 Å². The smallest absolute Gasteiger partial charge is 0.264 e. The second-order valence-corrected chi connectivity index (χ2v) is 6.40. The fourth-order valence-electron chi connectivity index (χ4n) is 1.93. The molecule has 0 unspecified atom stereocenters. The molecule has 6 heteroatoms. The predicted molar refractivity (Wildman–Crippen MR) is 81.0 cm³/mol. The van der Waals surface area contributed by atoms with E-state index in [1.807, 2.05) is 25.1 Å². The highest BCUT2D eigenvalue weighted by Crippen LogP contribution is 2.25. The van der Waals surface area contributed by atoms with Crippen LogP contribution in [0.25, 0.3) is 0 Å². The average molecular weight is 291 g/mol. The van der Waals surface area contributed by atoms with Crippen LogP contribution < -0.4 is 15.6 Å². The lowest BCUT2D eigenvalue weighted by Crippen LogP contribution is -2.27. The minimum Gasteiger partial charge on any atom is -0.324 e. The van der Waals surface area contributed by atoms with E-state index in [0.717, 1.165) is 5.56 Å². The molecule has 0 bridgehead atoms. The number of sulfonamides is 1. The molecular weight excluding hydrogens is 274 g/mol. The van der Waals surface area contributed by atoms with Crippen molar-refractivity contribution in [3.8, 4) is 0 Å². The standard InChI is InChI=1S/C14H17N3O2S/c1-11-5-3-4-6-14(11)17(2)20(18,19)13-9-7-12(16-15)8-10-13/h3-10,16H,15H2,1-2H3. The van der Waals surface area contributed by atoms with Gasteiger partial charge in [0.25, 0.3) is 10.0 Å². The number of aryl methyl sites for hydroxylation is 1. The Morgan fingerprint density at radius 1 is 1.05 bits per heavy atom. The molecule has 20 heavy (non-hydrogen) atoms. The largest absolute Gasteiger partial charge is 0.324 e. The van der Waals surface area contributed by atoms with Crippen LogP contribution in [0.1, 0.15) is 5.56 Å². The predicted octanol–water partition coefficient (Wildman–Crippen LogP) is 2.11. The van der Waals surface area contributed by atoms with Gasteiger partial charge in [-0.3, -0.25) is 10.1 Å². The fourth-order valence-corrected chi connectivity index (χ4v) is 3.19. The van der Waals surface area contributed by atoms with Crippen LogP contribution >= 0.6 is 0 Å². The molecule has 3 N–H and O–H groups in total. The van der Waals surface area contributed by atoms with Gasteiger partial charge in [-0.05, 0) is 42.8 Å². The maximum Gasteiger partial charge on any atom is 0.264 e. The number of benzene rings is 2. The van der Waals surface area contributed by atoms with E-state index in [-0.39, 0.29) is 4.90 Å². The van der Waals surface area contributed by atoms with Crippen LogP contribution in [0.15, 0.2) is 53.4 Å². The third-order valence-corrected chi connectivity index (χ3v) is 4.92. The first-order valence-corrected chi connectivity index (χ1v) is 7.52. The minimum atomic E-state index is -3.57. The van der Waals surface area contributed by atoms with Gasteiger partial charge in [0.2, 0.25) is 0 Å². The van der Waals surface area contributed by atoms with Crippen LogP contribution in [-0.4, -0.2) is 15.5 Å². The van der Waals surface area contributed by atoms with E-state index >= 15 is 0 Å². The second-order valence-electron chi connectivity index (χ2n) is 4.43. The number of nitrogens with one attached hydrogen (secondary N) is 1. The van der Waals surface area contributed by atoms with E-state index in [1.165, 1.54) is 16.4 Å². The number of hydrazine groups is 1. The molecule has 0 aliphatic rings. The highest BCUT2D eigenvalue weighted by Gasteiger charge is 2.22. The first-order valence-electron chi connectivity index (χ1n) is 6.08. The molecule has 0 amide bonds. The van der Waals surface area contributed by atoms with E-state index in [4.69, 9.17) is 5.84 Å². The normalized spacial score (nSPS) is 11.2. The quantitative estimate of drug-likeness (QED) is 0.668. The molecule has 2 aromatic rings.